The van der Waals surface area contributed by atoms with Crippen LogP contribution in [-0.2, 0) is 4.79 Å². The minimum absolute atomic E-state index is 0.366. The van der Waals surface area contributed by atoms with Crippen molar-refractivity contribution in [2.45, 2.75) is 6.17 Å². The van der Waals surface area contributed by atoms with E-state index in [2.05, 4.69) is 36.9 Å². The molecule has 0 aliphatic carbocycles. The molecule has 0 aromatic heterocycles. The summed E-state index contributed by atoms with van der Waals surface area (Å²) in [5.41, 5.74) is 3.27. The quantitative estimate of drug-likeness (QED) is 0.488. The first-order valence-electron chi connectivity index (χ1n) is 9.07. The molecule has 150 valence electrons. The number of hydrogen-bond donors (Lipinski definition) is 3. The molecular weight excluding hydrogens is 468 g/mol. The van der Waals surface area contributed by atoms with Gasteiger partial charge in [0.05, 0.1) is 22.1 Å². The average molecular weight is 484 g/mol. The number of aliphatic imine (C=N–C) groups is 1. The smallest absolute Gasteiger partial charge is 0.321 e. The third kappa shape index (κ3) is 4.37. The number of urea groups is 1. The monoisotopic (exact) mass is 482 g/mol. The van der Waals surface area contributed by atoms with Crippen LogP contribution in [0.1, 0.15) is 11.1 Å². The van der Waals surface area contributed by atoms with Crippen molar-refractivity contribution >= 4 is 56.6 Å². The van der Waals surface area contributed by atoms with Crippen molar-refractivity contribution in [3.05, 3.63) is 93.4 Å². The van der Waals surface area contributed by atoms with E-state index in [1.54, 1.807) is 24.3 Å². The maximum Gasteiger partial charge on any atom is 0.321 e. The molecule has 0 fully saturated rings. The lowest BCUT2D eigenvalue weighted by molar-refractivity contribution is -0.117. The molecule has 3 N–H and O–H groups in total. The van der Waals surface area contributed by atoms with Crippen LogP contribution < -0.4 is 16.0 Å². The van der Waals surface area contributed by atoms with Crippen molar-refractivity contribution in [1.82, 2.24) is 5.32 Å². The second-order valence-corrected chi connectivity index (χ2v) is 7.83. The Bertz CT molecular complexity index is 1150. The normalized spacial score (nSPS) is 15.3. The Hall–Kier alpha value is -3.16. The van der Waals surface area contributed by atoms with Crippen LogP contribution in [0.25, 0.3) is 0 Å². The standard InChI is InChI=1S/C22H16BrClN4O2/c23-14-10-11-18(16(24)12-14)26-22(30)28-20-21(29)25-17-9-5-4-8-15(17)19(27-20)13-6-2-1-3-7-13/h1-12,20H,(H,25,29)(H2,26,28,30)/t20-/m1/s1. The van der Waals surface area contributed by atoms with E-state index in [1.807, 2.05) is 48.5 Å². The highest BCUT2D eigenvalue weighted by molar-refractivity contribution is 9.10. The first-order chi connectivity index (χ1) is 14.5. The Kier molecular flexibility index (Phi) is 5.83. The fourth-order valence-corrected chi connectivity index (χ4v) is 3.77. The molecule has 6 nitrogen and oxygen atoms in total. The van der Waals surface area contributed by atoms with E-state index in [4.69, 9.17) is 11.6 Å². The van der Waals surface area contributed by atoms with Gasteiger partial charge in [-0.1, -0.05) is 76.1 Å². The van der Waals surface area contributed by atoms with Crippen molar-refractivity contribution in [2.75, 3.05) is 10.6 Å². The number of carbonyl (C=O) groups is 2. The van der Waals surface area contributed by atoms with Gasteiger partial charge in [0, 0.05) is 15.6 Å². The molecule has 8 heteroatoms. The Labute approximate surface area is 186 Å². The summed E-state index contributed by atoms with van der Waals surface area (Å²) in [6.07, 6.45) is -1.12. The van der Waals surface area contributed by atoms with Crippen molar-refractivity contribution in [3.63, 3.8) is 0 Å². The third-order valence-corrected chi connectivity index (χ3v) is 5.25. The molecule has 0 bridgehead atoms. The summed E-state index contributed by atoms with van der Waals surface area (Å²) in [6.45, 7) is 0. The summed E-state index contributed by atoms with van der Waals surface area (Å²) in [6, 6.07) is 21.4. The molecule has 3 aromatic rings. The van der Waals surface area contributed by atoms with Crippen LogP contribution >= 0.6 is 27.5 Å². The number of nitrogens with one attached hydrogen (secondary N) is 3. The number of benzodiazepines with no additional fused rings is 1. The molecule has 1 atom stereocenters. The Morgan fingerprint density at radius 1 is 1.03 bits per heavy atom. The van der Waals surface area contributed by atoms with E-state index in [0.29, 0.717) is 22.1 Å². The van der Waals surface area contributed by atoms with Gasteiger partial charge in [0.15, 0.2) is 0 Å². The van der Waals surface area contributed by atoms with Gasteiger partial charge >= 0.3 is 6.03 Å². The zero-order chi connectivity index (χ0) is 21.1. The zero-order valence-corrected chi connectivity index (χ0v) is 17.9. The zero-order valence-electron chi connectivity index (χ0n) is 15.5. The van der Waals surface area contributed by atoms with Gasteiger partial charge < -0.3 is 16.0 Å². The van der Waals surface area contributed by atoms with Gasteiger partial charge in [-0.05, 0) is 24.3 Å². The van der Waals surface area contributed by atoms with Crippen LogP contribution in [0.3, 0.4) is 0 Å². The molecule has 0 radical (unpaired) electrons. The predicted octanol–water partition coefficient (Wildman–Crippen LogP) is 5.04. The molecule has 0 spiro atoms. The molecule has 3 amide bonds. The van der Waals surface area contributed by atoms with Crippen LogP contribution in [0.2, 0.25) is 5.02 Å². The van der Waals surface area contributed by atoms with E-state index in [0.717, 1.165) is 15.6 Å². The second-order valence-electron chi connectivity index (χ2n) is 6.50. The first-order valence-corrected chi connectivity index (χ1v) is 10.2. The fraction of sp³-hybridized carbons (Fsp3) is 0.0455. The molecule has 4 rings (SSSR count). The maximum absolute atomic E-state index is 12.8. The van der Waals surface area contributed by atoms with Gasteiger partial charge in [-0.3, -0.25) is 4.79 Å². The predicted molar refractivity (Wildman–Crippen MR) is 122 cm³/mol. The summed E-state index contributed by atoms with van der Waals surface area (Å²) in [5, 5.41) is 8.46. The minimum atomic E-state index is -1.12. The molecule has 3 aromatic carbocycles. The van der Waals surface area contributed by atoms with Crippen LogP contribution in [0.4, 0.5) is 16.2 Å². The lowest BCUT2D eigenvalue weighted by Crippen LogP contribution is -2.44. The highest BCUT2D eigenvalue weighted by Crippen LogP contribution is 2.26. The van der Waals surface area contributed by atoms with E-state index in [1.165, 1.54) is 0 Å². The lowest BCUT2D eigenvalue weighted by atomic mass is 10.0. The Morgan fingerprint density at radius 2 is 1.77 bits per heavy atom. The molecule has 0 unspecified atom stereocenters. The number of fused-ring (bicyclic) bond motifs is 1. The van der Waals surface area contributed by atoms with Crippen LogP contribution in [0, 0.1) is 0 Å². The summed E-state index contributed by atoms with van der Waals surface area (Å²) in [7, 11) is 0. The number of halogens is 2. The first kappa shape index (κ1) is 20.1. The molecular formula is C22H16BrClN4O2. The molecule has 0 saturated carbocycles. The van der Waals surface area contributed by atoms with E-state index >= 15 is 0 Å². The molecule has 0 saturated heterocycles. The van der Waals surface area contributed by atoms with Gasteiger partial charge in [-0.2, -0.15) is 0 Å². The van der Waals surface area contributed by atoms with Crippen LogP contribution in [0.5, 0.6) is 0 Å². The number of benzene rings is 3. The number of para-hydroxylation sites is 1. The Balaban J connectivity index is 1.64. The van der Waals surface area contributed by atoms with Gasteiger partial charge in [0.25, 0.3) is 5.91 Å². The van der Waals surface area contributed by atoms with Gasteiger partial charge in [0.1, 0.15) is 0 Å². The van der Waals surface area contributed by atoms with Crippen molar-refractivity contribution < 1.29 is 9.59 Å². The van der Waals surface area contributed by atoms with E-state index in [-0.39, 0.29) is 0 Å². The third-order valence-electron chi connectivity index (χ3n) is 4.44. The highest BCUT2D eigenvalue weighted by Gasteiger charge is 2.27. The number of amides is 3. The molecule has 1 heterocycles. The highest BCUT2D eigenvalue weighted by atomic mass is 79.9. The summed E-state index contributed by atoms with van der Waals surface area (Å²) in [4.78, 5) is 29.9. The fourth-order valence-electron chi connectivity index (χ4n) is 3.05. The second kappa shape index (κ2) is 8.69. The number of anilines is 2. The Morgan fingerprint density at radius 3 is 2.53 bits per heavy atom. The average Bonchev–Trinajstić information content (AvgIpc) is 2.87. The van der Waals surface area contributed by atoms with E-state index in [9.17, 15) is 9.59 Å². The van der Waals surface area contributed by atoms with Crippen LogP contribution in [-0.4, -0.2) is 23.8 Å². The lowest BCUT2D eigenvalue weighted by Gasteiger charge is -2.15. The van der Waals surface area contributed by atoms with E-state index < -0.39 is 18.1 Å². The van der Waals surface area contributed by atoms with Gasteiger partial charge in [-0.25, -0.2) is 9.79 Å². The molecule has 30 heavy (non-hydrogen) atoms. The van der Waals surface area contributed by atoms with Crippen molar-refractivity contribution in [2.24, 2.45) is 4.99 Å². The van der Waals surface area contributed by atoms with Crippen LogP contribution in [0.15, 0.2) is 82.3 Å². The van der Waals surface area contributed by atoms with Crippen molar-refractivity contribution in [1.29, 1.82) is 0 Å². The number of hydrogen-bond acceptors (Lipinski definition) is 3. The van der Waals surface area contributed by atoms with Gasteiger partial charge in [0.2, 0.25) is 6.17 Å². The SMILES string of the molecule is O=C(Nc1ccc(Br)cc1Cl)N[C@H]1N=C(c2ccccc2)c2ccccc2NC1=O. The summed E-state index contributed by atoms with van der Waals surface area (Å²) in [5.74, 6) is -0.439. The maximum atomic E-state index is 12.8. The molecule has 1 aliphatic heterocycles. The number of rotatable bonds is 3. The van der Waals surface area contributed by atoms with Gasteiger partial charge in [-0.15, -0.1) is 0 Å². The summed E-state index contributed by atoms with van der Waals surface area (Å²) < 4.78 is 0.788. The summed E-state index contributed by atoms with van der Waals surface area (Å²) >= 11 is 9.47. The molecule has 1 aliphatic rings. The largest absolute Gasteiger partial charge is 0.322 e. The topological polar surface area (TPSA) is 82.6 Å². The van der Waals surface area contributed by atoms with Crippen molar-refractivity contribution in [3.8, 4) is 0 Å². The minimum Gasteiger partial charge on any atom is -0.322 e. The number of nitrogens with zero attached hydrogens (tertiary/aromatic N) is 1. The number of carbonyl (C=O) groups excluding carboxylic acids is 2.